The van der Waals surface area contributed by atoms with Crippen molar-refractivity contribution in [1.82, 2.24) is 0 Å². The highest BCUT2D eigenvalue weighted by Gasteiger charge is 2.48. The van der Waals surface area contributed by atoms with Gasteiger partial charge in [0.25, 0.3) is 0 Å². The molecule has 1 N–H and O–H groups in total. The molecule has 0 radical (unpaired) electrons. The van der Waals surface area contributed by atoms with Crippen molar-refractivity contribution in [3.8, 4) is 11.5 Å². The van der Waals surface area contributed by atoms with Crippen LogP contribution in [0.4, 0.5) is 0 Å². The summed E-state index contributed by atoms with van der Waals surface area (Å²) in [6.07, 6.45) is 0. The molecule has 0 fully saturated rings. The molecule has 1 unspecified atom stereocenters. The van der Waals surface area contributed by atoms with Crippen molar-refractivity contribution in [2.75, 3.05) is 7.11 Å². The number of Topliss-reactive ketones (excluding diaryl/α,β-unsaturated/α-hetero) is 1. The zero-order valence-corrected chi connectivity index (χ0v) is 10.7. The molecular formula is C13H14O5. The molecule has 1 aliphatic heterocycles. The van der Waals surface area contributed by atoms with Crippen molar-refractivity contribution in [3.63, 3.8) is 0 Å². The number of carbonyl (C=O) groups is 2. The average Bonchev–Trinajstić information content (AvgIpc) is 2.57. The van der Waals surface area contributed by atoms with Crippen molar-refractivity contribution in [1.29, 1.82) is 0 Å². The number of fused-ring (bicyclic) bond motifs is 1. The second-order valence-corrected chi connectivity index (χ2v) is 4.45. The maximum absolute atomic E-state index is 11.8. The summed E-state index contributed by atoms with van der Waals surface area (Å²) in [7, 11) is 1.46. The van der Waals surface area contributed by atoms with Crippen LogP contribution in [-0.4, -0.2) is 24.0 Å². The van der Waals surface area contributed by atoms with E-state index in [4.69, 9.17) is 9.47 Å². The molecule has 0 bridgehead atoms. The first-order valence-corrected chi connectivity index (χ1v) is 5.48. The Morgan fingerprint density at radius 1 is 1.50 bits per heavy atom. The summed E-state index contributed by atoms with van der Waals surface area (Å²) in [5.74, 6) is -0.809. The number of phenols is 1. The molecule has 0 saturated carbocycles. The summed E-state index contributed by atoms with van der Waals surface area (Å²) >= 11 is 0. The van der Waals surface area contributed by atoms with Gasteiger partial charge in [0.05, 0.1) is 7.11 Å². The molecule has 5 nitrogen and oxygen atoms in total. The van der Waals surface area contributed by atoms with E-state index in [0.29, 0.717) is 16.9 Å². The van der Waals surface area contributed by atoms with E-state index in [-0.39, 0.29) is 17.1 Å². The van der Waals surface area contributed by atoms with Gasteiger partial charge in [-0.1, -0.05) is 0 Å². The average molecular weight is 250 g/mol. The normalized spacial score (nSPS) is 21.4. The zero-order valence-electron chi connectivity index (χ0n) is 10.7. The number of phenolic OH excluding ortho intramolecular Hbond substituents is 1. The minimum atomic E-state index is -1.36. The van der Waals surface area contributed by atoms with Gasteiger partial charge in [0.2, 0.25) is 0 Å². The van der Waals surface area contributed by atoms with Crippen LogP contribution < -0.4 is 4.74 Å². The fourth-order valence-electron chi connectivity index (χ4n) is 2.29. The van der Waals surface area contributed by atoms with Gasteiger partial charge in [0.15, 0.2) is 11.4 Å². The number of aromatic hydroxyl groups is 1. The number of hydrogen-bond donors (Lipinski definition) is 1. The van der Waals surface area contributed by atoms with E-state index in [2.05, 4.69) is 0 Å². The SMILES string of the molecule is COc1cc(O)c2c(c1C)C(C)(C(C)=O)OC2=O. The summed E-state index contributed by atoms with van der Waals surface area (Å²) in [4.78, 5) is 23.5. The summed E-state index contributed by atoms with van der Waals surface area (Å²) in [6.45, 7) is 4.59. The predicted molar refractivity (Wildman–Crippen MR) is 62.8 cm³/mol. The minimum absolute atomic E-state index is 0.0472. The molecule has 1 aliphatic rings. The monoisotopic (exact) mass is 250 g/mol. The highest BCUT2D eigenvalue weighted by atomic mass is 16.6. The van der Waals surface area contributed by atoms with E-state index >= 15 is 0 Å². The van der Waals surface area contributed by atoms with Crippen LogP contribution in [0, 0.1) is 6.92 Å². The highest BCUT2D eigenvalue weighted by molar-refractivity contribution is 6.04. The fraction of sp³-hybridized carbons (Fsp3) is 0.385. The Bertz CT molecular complexity index is 561. The summed E-state index contributed by atoms with van der Waals surface area (Å²) in [5, 5.41) is 9.86. The van der Waals surface area contributed by atoms with Crippen molar-refractivity contribution in [2.24, 2.45) is 0 Å². The van der Waals surface area contributed by atoms with Crippen LogP contribution in [0.1, 0.15) is 35.3 Å². The smallest absolute Gasteiger partial charge is 0.343 e. The van der Waals surface area contributed by atoms with Gasteiger partial charge in [-0.05, 0) is 26.3 Å². The standard InChI is InChI=1S/C13H14O5/c1-6-9(17-4)5-8(15)10-11(6)13(3,7(2)14)18-12(10)16/h5,15H,1-4H3. The Morgan fingerprint density at radius 2 is 2.11 bits per heavy atom. The molecule has 0 saturated heterocycles. The molecule has 0 aliphatic carbocycles. The van der Waals surface area contributed by atoms with Crippen molar-refractivity contribution >= 4 is 11.8 Å². The van der Waals surface area contributed by atoms with Gasteiger partial charge >= 0.3 is 5.97 Å². The van der Waals surface area contributed by atoms with Gasteiger partial charge in [-0.25, -0.2) is 4.79 Å². The Kier molecular flexibility index (Phi) is 2.57. The first-order chi connectivity index (χ1) is 8.32. The quantitative estimate of drug-likeness (QED) is 0.808. The summed E-state index contributed by atoms with van der Waals surface area (Å²) in [5.41, 5.74) is -0.306. The van der Waals surface area contributed by atoms with Crippen LogP contribution in [0.25, 0.3) is 0 Å². The Balaban J connectivity index is 2.84. The van der Waals surface area contributed by atoms with Crippen LogP contribution in [0.5, 0.6) is 11.5 Å². The fourth-order valence-corrected chi connectivity index (χ4v) is 2.29. The van der Waals surface area contributed by atoms with Gasteiger partial charge in [-0.3, -0.25) is 4.79 Å². The van der Waals surface area contributed by atoms with E-state index < -0.39 is 11.6 Å². The lowest BCUT2D eigenvalue weighted by molar-refractivity contribution is -0.133. The number of cyclic esters (lactones) is 1. The van der Waals surface area contributed by atoms with E-state index in [9.17, 15) is 14.7 Å². The first-order valence-electron chi connectivity index (χ1n) is 5.48. The maximum atomic E-state index is 11.8. The first kappa shape index (κ1) is 12.4. The number of hydrogen-bond acceptors (Lipinski definition) is 5. The van der Waals surface area contributed by atoms with Gasteiger partial charge in [0, 0.05) is 11.6 Å². The molecule has 5 heteroatoms. The minimum Gasteiger partial charge on any atom is -0.507 e. The lowest BCUT2D eigenvalue weighted by atomic mass is 9.86. The molecular weight excluding hydrogens is 236 g/mol. The number of ether oxygens (including phenoxy) is 2. The van der Waals surface area contributed by atoms with Crippen LogP contribution >= 0.6 is 0 Å². The molecule has 1 aromatic carbocycles. The molecule has 18 heavy (non-hydrogen) atoms. The summed E-state index contributed by atoms with van der Waals surface area (Å²) < 4.78 is 10.3. The lowest BCUT2D eigenvalue weighted by Gasteiger charge is -2.22. The highest BCUT2D eigenvalue weighted by Crippen LogP contribution is 2.45. The lowest BCUT2D eigenvalue weighted by Crippen LogP contribution is -2.31. The van der Waals surface area contributed by atoms with Crippen LogP contribution in [0.2, 0.25) is 0 Å². The third-order valence-corrected chi connectivity index (χ3v) is 3.39. The van der Waals surface area contributed by atoms with Crippen molar-refractivity contribution in [2.45, 2.75) is 26.4 Å². The second-order valence-electron chi connectivity index (χ2n) is 4.45. The number of benzene rings is 1. The van der Waals surface area contributed by atoms with Gasteiger partial charge < -0.3 is 14.6 Å². The van der Waals surface area contributed by atoms with Gasteiger partial charge in [-0.15, -0.1) is 0 Å². The van der Waals surface area contributed by atoms with E-state index in [1.165, 1.54) is 27.0 Å². The molecule has 0 aromatic heterocycles. The number of ketones is 1. The van der Waals surface area contributed by atoms with E-state index in [1.54, 1.807) is 6.92 Å². The van der Waals surface area contributed by atoms with Crippen LogP contribution in [0.3, 0.4) is 0 Å². The number of esters is 1. The molecule has 96 valence electrons. The number of carbonyl (C=O) groups excluding carboxylic acids is 2. The third-order valence-electron chi connectivity index (χ3n) is 3.39. The molecule has 1 heterocycles. The van der Waals surface area contributed by atoms with Crippen molar-refractivity contribution in [3.05, 3.63) is 22.8 Å². The molecule has 1 aromatic rings. The largest absolute Gasteiger partial charge is 0.507 e. The Hall–Kier alpha value is -2.04. The zero-order chi connectivity index (χ0) is 13.7. The topological polar surface area (TPSA) is 72.8 Å². The van der Waals surface area contributed by atoms with Gasteiger partial charge in [0.1, 0.15) is 17.1 Å². The maximum Gasteiger partial charge on any atom is 0.343 e. The Labute approximate surface area is 104 Å². The number of methoxy groups -OCH3 is 1. The molecule has 2 rings (SSSR count). The predicted octanol–water partition coefficient (Wildman–Crippen LogP) is 1.68. The van der Waals surface area contributed by atoms with Crippen molar-refractivity contribution < 1.29 is 24.2 Å². The van der Waals surface area contributed by atoms with Crippen LogP contribution in [0.15, 0.2) is 6.07 Å². The Morgan fingerprint density at radius 3 is 2.61 bits per heavy atom. The second kappa shape index (κ2) is 3.73. The van der Waals surface area contributed by atoms with Gasteiger partial charge in [-0.2, -0.15) is 0 Å². The third kappa shape index (κ3) is 1.40. The van der Waals surface area contributed by atoms with E-state index in [1.807, 2.05) is 0 Å². The molecule has 0 spiro atoms. The van der Waals surface area contributed by atoms with E-state index in [0.717, 1.165) is 0 Å². The summed E-state index contributed by atoms with van der Waals surface area (Å²) in [6, 6.07) is 1.35. The number of rotatable bonds is 2. The van der Waals surface area contributed by atoms with Crippen LogP contribution in [-0.2, 0) is 15.1 Å². The molecule has 0 amide bonds. The molecule has 1 atom stereocenters.